The number of carbonyl (C=O) groups excluding carboxylic acids is 1. The van der Waals surface area contributed by atoms with Gasteiger partial charge in [0.15, 0.2) is 0 Å². The topological polar surface area (TPSA) is 82.1 Å². The van der Waals surface area contributed by atoms with Crippen LogP contribution in [0.25, 0.3) is 0 Å². The average molecular weight is 327 g/mol. The monoisotopic (exact) mass is 327 g/mol. The van der Waals surface area contributed by atoms with Crippen molar-refractivity contribution in [3.05, 3.63) is 0 Å². The molecule has 0 aromatic carbocycles. The molecule has 2 aliphatic rings. The number of rotatable bonds is 5. The molecule has 1 aliphatic carbocycles. The fraction of sp³-hybridized carbons (Fsp3) is 0.875. The van der Waals surface area contributed by atoms with E-state index in [1.54, 1.807) is 12.0 Å². The minimum atomic E-state index is -0.817. The maximum absolute atomic E-state index is 12.2. The molecule has 0 radical (unpaired) electrons. The molecular weight excluding hydrogens is 298 g/mol. The number of carboxylic acid groups (broad SMARTS) is 1. The van der Waals surface area contributed by atoms with Crippen LogP contribution < -0.4 is 5.32 Å². The van der Waals surface area contributed by atoms with Gasteiger partial charge >= 0.3 is 12.0 Å². The fourth-order valence-electron chi connectivity index (χ4n) is 3.53. The van der Waals surface area contributed by atoms with E-state index in [1.807, 2.05) is 0 Å². The van der Waals surface area contributed by atoms with E-state index in [1.165, 1.54) is 19.3 Å². The van der Waals surface area contributed by atoms with Crippen LogP contribution in [0, 0.1) is 5.92 Å². The van der Waals surface area contributed by atoms with Crippen LogP contribution in [-0.4, -0.2) is 79.4 Å². The van der Waals surface area contributed by atoms with Gasteiger partial charge in [-0.2, -0.15) is 0 Å². The summed E-state index contributed by atoms with van der Waals surface area (Å²) in [6.45, 7) is 3.05. The van der Waals surface area contributed by atoms with Crippen molar-refractivity contribution in [2.75, 3.05) is 46.4 Å². The standard InChI is InChI=1S/C16H29N3O4/c1-23-10-7-17-16(22)19-9-8-18(11-13(12-19)15(20)21)14-5-3-2-4-6-14/h13-14H,2-12H2,1H3,(H,17,22)(H,20,21)/t13-/m0/s1. The molecule has 0 bridgehead atoms. The van der Waals surface area contributed by atoms with E-state index in [9.17, 15) is 14.7 Å². The van der Waals surface area contributed by atoms with Crippen LogP contribution in [0.15, 0.2) is 0 Å². The third-order valence-corrected chi connectivity index (χ3v) is 4.86. The first-order chi connectivity index (χ1) is 11.1. The number of hydrogen-bond donors (Lipinski definition) is 2. The maximum Gasteiger partial charge on any atom is 0.317 e. The highest BCUT2D eigenvalue weighted by Crippen LogP contribution is 2.24. The number of nitrogens with one attached hydrogen (secondary N) is 1. The molecule has 0 spiro atoms. The van der Waals surface area contributed by atoms with Crippen LogP contribution in [-0.2, 0) is 9.53 Å². The van der Waals surface area contributed by atoms with Crippen molar-refractivity contribution >= 4 is 12.0 Å². The SMILES string of the molecule is COCCNC(=O)N1CCN(C2CCCCC2)C[C@H](C(=O)O)C1. The van der Waals surface area contributed by atoms with Gasteiger partial charge in [0.25, 0.3) is 0 Å². The lowest BCUT2D eigenvalue weighted by Gasteiger charge is -2.34. The Balaban J connectivity index is 1.96. The van der Waals surface area contributed by atoms with E-state index in [0.29, 0.717) is 32.3 Å². The summed E-state index contributed by atoms with van der Waals surface area (Å²) in [4.78, 5) is 27.7. The minimum absolute atomic E-state index is 0.196. The Labute approximate surface area is 138 Å². The van der Waals surface area contributed by atoms with Gasteiger partial charge in [-0.1, -0.05) is 19.3 Å². The molecule has 1 saturated carbocycles. The second-order valence-corrected chi connectivity index (χ2v) is 6.49. The van der Waals surface area contributed by atoms with Gasteiger partial charge in [0, 0.05) is 45.9 Å². The molecule has 2 fully saturated rings. The Hall–Kier alpha value is -1.34. The number of carboxylic acids is 1. The zero-order chi connectivity index (χ0) is 16.7. The molecule has 2 N–H and O–H groups in total. The average Bonchev–Trinajstić information content (AvgIpc) is 2.79. The molecule has 2 amide bonds. The second kappa shape index (κ2) is 9.08. The van der Waals surface area contributed by atoms with Crippen molar-refractivity contribution in [3.8, 4) is 0 Å². The smallest absolute Gasteiger partial charge is 0.317 e. The predicted molar refractivity (Wildman–Crippen MR) is 86.4 cm³/mol. The number of nitrogens with zero attached hydrogens (tertiary/aromatic N) is 2. The molecule has 0 aromatic heterocycles. The normalized spacial score (nSPS) is 24.2. The third kappa shape index (κ3) is 5.35. The zero-order valence-corrected chi connectivity index (χ0v) is 14.0. The molecule has 1 atom stereocenters. The van der Waals surface area contributed by atoms with Gasteiger partial charge in [0.2, 0.25) is 0 Å². The van der Waals surface area contributed by atoms with Gasteiger partial charge < -0.3 is 20.1 Å². The van der Waals surface area contributed by atoms with Gasteiger partial charge in [-0.25, -0.2) is 4.79 Å². The van der Waals surface area contributed by atoms with Crippen molar-refractivity contribution in [1.29, 1.82) is 0 Å². The quantitative estimate of drug-likeness (QED) is 0.736. The molecule has 1 heterocycles. The summed E-state index contributed by atoms with van der Waals surface area (Å²) in [6, 6.07) is 0.279. The predicted octanol–water partition coefficient (Wildman–Crippen LogP) is 0.994. The summed E-state index contributed by atoms with van der Waals surface area (Å²) in [7, 11) is 1.58. The summed E-state index contributed by atoms with van der Waals surface area (Å²) in [6.07, 6.45) is 6.01. The van der Waals surface area contributed by atoms with Crippen LogP contribution >= 0.6 is 0 Å². The van der Waals surface area contributed by atoms with Gasteiger partial charge in [-0.05, 0) is 12.8 Å². The number of ether oxygens (including phenoxy) is 1. The Morgan fingerprint density at radius 2 is 1.91 bits per heavy atom. The number of aliphatic carboxylic acids is 1. The molecule has 1 aliphatic heterocycles. The van der Waals surface area contributed by atoms with Crippen molar-refractivity contribution in [1.82, 2.24) is 15.1 Å². The molecule has 0 unspecified atom stereocenters. The Morgan fingerprint density at radius 1 is 1.17 bits per heavy atom. The number of amides is 2. The number of urea groups is 1. The van der Waals surface area contributed by atoms with Gasteiger partial charge in [-0.3, -0.25) is 9.69 Å². The van der Waals surface area contributed by atoms with E-state index < -0.39 is 11.9 Å². The molecule has 0 aromatic rings. The molecule has 7 heteroatoms. The highest BCUT2D eigenvalue weighted by molar-refractivity contribution is 5.76. The van der Waals surface area contributed by atoms with Crippen LogP contribution in [0.1, 0.15) is 32.1 Å². The van der Waals surface area contributed by atoms with Gasteiger partial charge in [0.05, 0.1) is 12.5 Å². The fourth-order valence-corrected chi connectivity index (χ4v) is 3.53. The lowest BCUT2D eigenvalue weighted by Crippen LogP contribution is -2.45. The summed E-state index contributed by atoms with van der Waals surface area (Å²) < 4.78 is 4.92. The van der Waals surface area contributed by atoms with E-state index in [2.05, 4.69) is 10.2 Å². The van der Waals surface area contributed by atoms with Crippen molar-refractivity contribution in [2.45, 2.75) is 38.1 Å². The first-order valence-electron chi connectivity index (χ1n) is 8.60. The van der Waals surface area contributed by atoms with Crippen LogP contribution in [0.5, 0.6) is 0 Å². The lowest BCUT2D eigenvalue weighted by molar-refractivity contribution is -0.142. The minimum Gasteiger partial charge on any atom is -0.481 e. The summed E-state index contributed by atoms with van der Waals surface area (Å²) in [5.41, 5.74) is 0. The maximum atomic E-state index is 12.2. The molecule has 7 nitrogen and oxygen atoms in total. The van der Waals surface area contributed by atoms with Crippen LogP contribution in [0.3, 0.4) is 0 Å². The van der Waals surface area contributed by atoms with Crippen molar-refractivity contribution in [3.63, 3.8) is 0 Å². The molecule has 132 valence electrons. The molecular formula is C16H29N3O4. The van der Waals surface area contributed by atoms with E-state index in [4.69, 9.17) is 4.74 Å². The Kier molecular flexibility index (Phi) is 7.11. The summed E-state index contributed by atoms with van der Waals surface area (Å²) in [5.74, 6) is -1.34. The van der Waals surface area contributed by atoms with E-state index in [0.717, 1.165) is 19.4 Å². The van der Waals surface area contributed by atoms with Gasteiger partial charge in [0.1, 0.15) is 0 Å². The largest absolute Gasteiger partial charge is 0.481 e. The highest BCUT2D eigenvalue weighted by atomic mass is 16.5. The number of methoxy groups -OCH3 is 1. The summed E-state index contributed by atoms with van der Waals surface area (Å²) >= 11 is 0. The van der Waals surface area contributed by atoms with Gasteiger partial charge in [-0.15, -0.1) is 0 Å². The highest BCUT2D eigenvalue weighted by Gasteiger charge is 2.33. The van der Waals surface area contributed by atoms with Crippen molar-refractivity contribution < 1.29 is 19.4 Å². The molecule has 1 saturated heterocycles. The summed E-state index contributed by atoms with van der Waals surface area (Å²) in [5, 5.41) is 12.3. The van der Waals surface area contributed by atoms with Crippen LogP contribution in [0.2, 0.25) is 0 Å². The third-order valence-electron chi connectivity index (χ3n) is 4.86. The first-order valence-corrected chi connectivity index (χ1v) is 8.60. The second-order valence-electron chi connectivity index (χ2n) is 6.49. The van der Waals surface area contributed by atoms with Crippen molar-refractivity contribution in [2.24, 2.45) is 5.92 Å². The Bertz CT molecular complexity index is 399. The van der Waals surface area contributed by atoms with E-state index in [-0.39, 0.29) is 12.6 Å². The van der Waals surface area contributed by atoms with E-state index >= 15 is 0 Å². The number of hydrogen-bond acceptors (Lipinski definition) is 4. The van der Waals surface area contributed by atoms with Crippen LogP contribution in [0.4, 0.5) is 4.79 Å². The lowest BCUT2D eigenvalue weighted by atomic mass is 9.93. The first kappa shape index (κ1) is 18.0. The Morgan fingerprint density at radius 3 is 2.57 bits per heavy atom. The molecule has 2 rings (SSSR count). The zero-order valence-electron chi connectivity index (χ0n) is 14.0. The molecule has 23 heavy (non-hydrogen) atoms. The number of carbonyl (C=O) groups is 2.